The number of carbonyl (C=O) groups excluding carboxylic acids is 2. The Kier molecular flexibility index (Phi) is 6.25. The Morgan fingerprint density at radius 3 is 2.43 bits per heavy atom. The van der Waals surface area contributed by atoms with E-state index in [1.807, 2.05) is 26.8 Å². The number of methoxy groups -OCH3 is 1. The molecule has 1 saturated heterocycles. The van der Waals surface area contributed by atoms with Crippen LogP contribution in [0.15, 0.2) is 12.7 Å². The fourth-order valence-electron chi connectivity index (χ4n) is 3.67. The van der Waals surface area contributed by atoms with Crippen LogP contribution in [0.25, 0.3) is 0 Å². The number of carbonyl (C=O) groups is 2. The van der Waals surface area contributed by atoms with Gasteiger partial charge in [0.25, 0.3) is 0 Å². The molecule has 1 fully saturated rings. The van der Waals surface area contributed by atoms with Gasteiger partial charge in [0.2, 0.25) is 0 Å². The molecule has 5 nitrogen and oxygen atoms in total. The molecule has 3 atom stereocenters. The third kappa shape index (κ3) is 4.06. The minimum absolute atomic E-state index is 0.164. The van der Waals surface area contributed by atoms with E-state index in [1.165, 1.54) is 7.11 Å². The Balaban J connectivity index is 3.24. The van der Waals surface area contributed by atoms with E-state index in [9.17, 15) is 9.59 Å². The molecule has 1 aliphatic heterocycles. The van der Waals surface area contributed by atoms with Gasteiger partial charge in [0.1, 0.15) is 11.6 Å². The number of hydrogen-bond acceptors (Lipinski definition) is 4. The van der Waals surface area contributed by atoms with Crippen molar-refractivity contribution in [1.82, 2.24) is 4.90 Å². The molecule has 0 radical (unpaired) electrons. The van der Waals surface area contributed by atoms with E-state index in [1.54, 1.807) is 4.90 Å². The summed E-state index contributed by atoms with van der Waals surface area (Å²) in [4.78, 5) is 26.6. The van der Waals surface area contributed by atoms with Gasteiger partial charge in [-0.2, -0.15) is 0 Å². The molecule has 0 spiro atoms. The number of hydrogen-bond donors (Lipinski definition) is 0. The molecule has 0 saturated carbocycles. The highest BCUT2D eigenvalue weighted by Gasteiger charge is 2.57. The van der Waals surface area contributed by atoms with Crippen LogP contribution in [0.1, 0.15) is 53.9 Å². The lowest BCUT2D eigenvalue weighted by Gasteiger charge is -2.38. The van der Waals surface area contributed by atoms with Crippen molar-refractivity contribution in [3.8, 4) is 0 Å². The molecule has 0 aromatic carbocycles. The fourth-order valence-corrected chi connectivity index (χ4v) is 3.67. The zero-order valence-corrected chi connectivity index (χ0v) is 15.3. The van der Waals surface area contributed by atoms with Crippen molar-refractivity contribution in [3.05, 3.63) is 12.7 Å². The number of allylic oxidation sites excluding steroid dienone is 1. The Hall–Kier alpha value is -1.52. The van der Waals surface area contributed by atoms with E-state index in [0.717, 1.165) is 12.8 Å². The molecule has 132 valence electrons. The second-order valence-corrected chi connectivity index (χ2v) is 7.44. The van der Waals surface area contributed by atoms with Crippen molar-refractivity contribution >= 4 is 12.1 Å². The number of amides is 1. The van der Waals surface area contributed by atoms with Crippen LogP contribution in [-0.2, 0) is 14.3 Å². The average molecular weight is 325 g/mol. The van der Waals surface area contributed by atoms with Gasteiger partial charge in [-0.25, -0.2) is 9.59 Å². The van der Waals surface area contributed by atoms with E-state index in [0.29, 0.717) is 13.0 Å². The molecule has 1 aliphatic rings. The summed E-state index contributed by atoms with van der Waals surface area (Å²) in [6.07, 6.45) is 3.80. The van der Waals surface area contributed by atoms with Gasteiger partial charge < -0.3 is 9.47 Å². The number of rotatable bonds is 5. The maximum atomic E-state index is 12.6. The highest BCUT2D eigenvalue weighted by atomic mass is 16.6. The Bertz CT molecular complexity index is 454. The van der Waals surface area contributed by atoms with Crippen molar-refractivity contribution in [2.75, 3.05) is 13.7 Å². The predicted octanol–water partition coefficient (Wildman–Crippen LogP) is 3.78. The predicted molar refractivity (Wildman–Crippen MR) is 90.1 cm³/mol. The second kappa shape index (κ2) is 7.37. The SMILES string of the molecule is C=CC[C@]1(CCC)[C@H](C)CN(C(=O)OC(C)(C)C)[C@@H]1C(=O)OC. The first-order valence-corrected chi connectivity index (χ1v) is 8.31. The number of ether oxygens (including phenoxy) is 2. The summed E-state index contributed by atoms with van der Waals surface area (Å²) in [6, 6.07) is -0.629. The molecule has 5 heteroatoms. The zero-order valence-electron chi connectivity index (χ0n) is 15.3. The lowest BCUT2D eigenvalue weighted by molar-refractivity contribution is -0.150. The van der Waals surface area contributed by atoms with Gasteiger partial charge in [0, 0.05) is 12.0 Å². The van der Waals surface area contributed by atoms with E-state index in [4.69, 9.17) is 9.47 Å². The summed E-state index contributed by atoms with van der Waals surface area (Å²) in [7, 11) is 1.36. The van der Waals surface area contributed by atoms with Crippen molar-refractivity contribution < 1.29 is 19.1 Å². The highest BCUT2D eigenvalue weighted by Crippen LogP contribution is 2.49. The van der Waals surface area contributed by atoms with Crippen LogP contribution >= 0.6 is 0 Å². The van der Waals surface area contributed by atoms with Crippen LogP contribution in [0.2, 0.25) is 0 Å². The summed E-state index contributed by atoms with van der Waals surface area (Å²) in [5, 5.41) is 0. The molecule has 23 heavy (non-hydrogen) atoms. The monoisotopic (exact) mass is 325 g/mol. The lowest BCUT2D eigenvalue weighted by atomic mass is 9.68. The van der Waals surface area contributed by atoms with Gasteiger partial charge >= 0.3 is 12.1 Å². The lowest BCUT2D eigenvalue weighted by Crippen LogP contribution is -2.50. The Labute approximate surface area is 140 Å². The molecule has 1 amide bonds. The van der Waals surface area contributed by atoms with Gasteiger partial charge in [0.05, 0.1) is 7.11 Å². The fraction of sp³-hybridized carbons (Fsp3) is 0.778. The third-order valence-corrected chi connectivity index (χ3v) is 4.60. The van der Waals surface area contributed by atoms with Crippen molar-refractivity contribution in [2.45, 2.75) is 65.5 Å². The second-order valence-electron chi connectivity index (χ2n) is 7.44. The van der Waals surface area contributed by atoms with Gasteiger partial charge in [-0.05, 0) is 39.5 Å². The number of esters is 1. The van der Waals surface area contributed by atoms with E-state index in [2.05, 4.69) is 20.4 Å². The summed E-state index contributed by atoms with van der Waals surface area (Å²) in [5.41, 5.74) is -0.948. The molecule has 0 aliphatic carbocycles. The summed E-state index contributed by atoms with van der Waals surface area (Å²) < 4.78 is 10.5. The van der Waals surface area contributed by atoms with Crippen LogP contribution in [-0.4, -0.2) is 42.3 Å². The minimum atomic E-state index is -0.629. The molecule has 0 unspecified atom stereocenters. The van der Waals surface area contributed by atoms with E-state index >= 15 is 0 Å². The molecule has 1 rings (SSSR count). The quantitative estimate of drug-likeness (QED) is 0.570. The van der Waals surface area contributed by atoms with Gasteiger partial charge in [-0.1, -0.05) is 26.3 Å². The molecule has 0 aromatic rings. The van der Waals surface area contributed by atoms with Crippen molar-refractivity contribution in [1.29, 1.82) is 0 Å². The first-order chi connectivity index (χ1) is 10.6. The van der Waals surface area contributed by atoms with Crippen molar-refractivity contribution in [2.24, 2.45) is 11.3 Å². The molecule has 0 N–H and O–H groups in total. The summed E-state index contributed by atoms with van der Waals surface area (Å²) in [5.74, 6) is -0.215. The molecule has 0 bridgehead atoms. The van der Waals surface area contributed by atoms with Gasteiger partial charge in [-0.15, -0.1) is 6.58 Å². The summed E-state index contributed by atoms with van der Waals surface area (Å²) in [6.45, 7) is 14.0. The molecular weight excluding hydrogens is 294 g/mol. The van der Waals surface area contributed by atoms with Crippen LogP contribution in [0.3, 0.4) is 0 Å². The molecular formula is C18H31NO4. The van der Waals surface area contributed by atoms with Gasteiger partial charge in [0.15, 0.2) is 0 Å². The zero-order chi connectivity index (χ0) is 17.8. The van der Waals surface area contributed by atoms with Crippen molar-refractivity contribution in [3.63, 3.8) is 0 Å². The normalized spacial score (nSPS) is 27.7. The average Bonchev–Trinajstić information content (AvgIpc) is 2.71. The van der Waals surface area contributed by atoms with Crippen LogP contribution in [0, 0.1) is 11.3 Å². The topological polar surface area (TPSA) is 55.8 Å². The smallest absolute Gasteiger partial charge is 0.411 e. The van der Waals surface area contributed by atoms with Gasteiger partial charge in [-0.3, -0.25) is 4.90 Å². The van der Waals surface area contributed by atoms with E-state index < -0.39 is 17.7 Å². The Morgan fingerprint density at radius 1 is 1.39 bits per heavy atom. The molecule has 1 heterocycles. The first-order valence-electron chi connectivity index (χ1n) is 8.31. The highest BCUT2D eigenvalue weighted by molar-refractivity contribution is 5.83. The number of likely N-dealkylation sites (tertiary alicyclic amines) is 1. The number of nitrogens with zero attached hydrogens (tertiary/aromatic N) is 1. The van der Waals surface area contributed by atoms with Crippen LogP contribution in [0.4, 0.5) is 4.79 Å². The maximum absolute atomic E-state index is 12.6. The molecule has 0 aromatic heterocycles. The largest absolute Gasteiger partial charge is 0.467 e. The summed E-state index contributed by atoms with van der Waals surface area (Å²) >= 11 is 0. The Morgan fingerprint density at radius 2 is 2.00 bits per heavy atom. The minimum Gasteiger partial charge on any atom is -0.467 e. The van der Waals surface area contributed by atoms with Crippen LogP contribution in [0.5, 0.6) is 0 Å². The standard InChI is InChI=1S/C18H31NO4/c1-8-10-18(11-9-2)13(3)12-19(14(18)15(20)22-7)16(21)23-17(4,5)6/h8,13-14H,1,9-12H2,2-7H3/t13-,14-,18+/m1/s1. The maximum Gasteiger partial charge on any atom is 0.411 e. The first kappa shape index (κ1) is 19.5. The van der Waals surface area contributed by atoms with E-state index in [-0.39, 0.29) is 17.3 Å². The third-order valence-electron chi connectivity index (χ3n) is 4.60. The van der Waals surface area contributed by atoms with Crippen LogP contribution < -0.4 is 0 Å².